The maximum absolute atomic E-state index is 5.96. The van der Waals surface area contributed by atoms with Crippen LogP contribution in [0.15, 0.2) is 30.5 Å². The fourth-order valence-corrected chi connectivity index (χ4v) is 2.25. The van der Waals surface area contributed by atoms with Crippen molar-refractivity contribution in [3.05, 3.63) is 41.0 Å². The zero-order valence-corrected chi connectivity index (χ0v) is 12.8. The van der Waals surface area contributed by atoms with Crippen LogP contribution in [0, 0.1) is 6.92 Å². The van der Waals surface area contributed by atoms with Crippen LogP contribution in [0.4, 0.5) is 17.5 Å². The van der Waals surface area contributed by atoms with Crippen LogP contribution in [-0.4, -0.2) is 23.1 Å². The highest BCUT2D eigenvalue weighted by molar-refractivity contribution is 6.30. The van der Waals surface area contributed by atoms with E-state index in [4.69, 9.17) is 11.6 Å². The van der Waals surface area contributed by atoms with Gasteiger partial charge in [0.1, 0.15) is 5.82 Å². The second kappa shape index (κ2) is 6.57. The zero-order valence-electron chi connectivity index (χ0n) is 12.0. The number of aromatic nitrogens is 2. The van der Waals surface area contributed by atoms with E-state index in [0.29, 0.717) is 5.95 Å². The van der Waals surface area contributed by atoms with Crippen LogP contribution in [0.2, 0.25) is 5.02 Å². The number of aryl methyl sites for hydroxylation is 1. The molecular formula is C15H19ClN4. The molecule has 0 aliphatic heterocycles. The number of rotatable bonds is 5. The highest BCUT2D eigenvalue weighted by Gasteiger charge is 2.06. The summed E-state index contributed by atoms with van der Waals surface area (Å²) < 4.78 is 0. The van der Waals surface area contributed by atoms with E-state index in [1.807, 2.05) is 31.2 Å². The highest BCUT2D eigenvalue weighted by Crippen LogP contribution is 2.22. The predicted molar refractivity (Wildman–Crippen MR) is 85.1 cm³/mol. The molecule has 0 spiro atoms. The number of halogens is 1. The van der Waals surface area contributed by atoms with Gasteiger partial charge in [-0.15, -0.1) is 0 Å². The van der Waals surface area contributed by atoms with Gasteiger partial charge in [0.2, 0.25) is 5.95 Å². The Kier molecular flexibility index (Phi) is 4.79. The number of hydrogen-bond acceptors (Lipinski definition) is 4. The Balaban J connectivity index is 2.23. The average molecular weight is 291 g/mol. The molecule has 1 heterocycles. The van der Waals surface area contributed by atoms with Crippen molar-refractivity contribution in [2.45, 2.75) is 20.8 Å². The van der Waals surface area contributed by atoms with E-state index in [2.05, 4.69) is 34.0 Å². The van der Waals surface area contributed by atoms with E-state index < -0.39 is 0 Å². The van der Waals surface area contributed by atoms with E-state index in [9.17, 15) is 0 Å². The fraction of sp³-hybridized carbons (Fsp3) is 0.333. The van der Waals surface area contributed by atoms with Gasteiger partial charge in [-0.25, -0.2) is 4.98 Å². The molecule has 0 atom stereocenters. The number of benzene rings is 1. The topological polar surface area (TPSA) is 41.1 Å². The summed E-state index contributed by atoms with van der Waals surface area (Å²) >= 11 is 5.96. The molecule has 0 bridgehead atoms. The molecule has 0 amide bonds. The first-order chi connectivity index (χ1) is 9.63. The number of nitrogens with zero attached hydrogens (tertiary/aromatic N) is 3. The van der Waals surface area contributed by atoms with Crippen molar-refractivity contribution in [3.8, 4) is 0 Å². The molecule has 20 heavy (non-hydrogen) atoms. The Morgan fingerprint density at radius 1 is 1.20 bits per heavy atom. The Bertz CT molecular complexity index is 582. The summed E-state index contributed by atoms with van der Waals surface area (Å²) in [6.45, 7) is 8.08. The number of hydrogen-bond donors (Lipinski definition) is 1. The summed E-state index contributed by atoms with van der Waals surface area (Å²) in [5, 5.41) is 3.96. The van der Waals surface area contributed by atoms with Crippen LogP contribution in [-0.2, 0) is 0 Å². The summed E-state index contributed by atoms with van der Waals surface area (Å²) in [5.41, 5.74) is 2.03. The Hall–Kier alpha value is -1.81. The predicted octanol–water partition coefficient (Wildman–Crippen LogP) is 4.03. The van der Waals surface area contributed by atoms with Gasteiger partial charge in [0, 0.05) is 30.0 Å². The van der Waals surface area contributed by atoms with Crippen molar-refractivity contribution in [2.75, 3.05) is 23.3 Å². The van der Waals surface area contributed by atoms with E-state index in [1.54, 1.807) is 6.20 Å². The Labute approximate surface area is 124 Å². The van der Waals surface area contributed by atoms with E-state index in [0.717, 1.165) is 35.2 Å². The maximum atomic E-state index is 5.96. The Morgan fingerprint density at radius 2 is 1.95 bits per heavy atom. The lowest BCUT2D eigenvalue weighted by Gasteiger charge is -2.20. The molecule has 4 nitrogen and oxygen atoms in total. The van der Waals surface area contributed by atoms with Crippen molar-refractivity contribution in [1.29, 1.82) is 0 Å². The SMILES string of the molecule is CCN(CC)c1ccnc(Nc2ccc(Cl)cc2C)n1. The second-order valence-corrected chi connectivity index (χ2v) is 4.93. The van der Waals surface area contributed by atoms with Gasteiger partial charge in [0.15, 0.2) is 0 Å². The zero-order chi connectivity index (χ0) is 14.5. The van der Waals surface area contributed by atoms with Crippen LogP contribution in [0.1, 0.15) is 19.4 Å². The fourth-order valence-electron chi connectivity index (χ4n) is 2.02. The summed E-state index contributed by atoms with van der Waals surface area (Å²) in [6.07, 6.45) is 1.77. The second-order valence-electron chi connectivity index (χ2n) is 4.49. The molecule has 1 N–H and O–H groups in total. The standard InChI is InChI=1S/C15H19ClN4/c1-4-20(5-2)14-8-9-17-15(19-14)18-13-7-6-12(16)10-11(13)3/h6-10H,4-5H2,1-3H3,(H,17,18,19). The molecule has 0 unspecified atom stereocenters. The normalized spacial score (nSPS) is 10.4. The van der Waals surface area contributed by atoms with Crippen molar-refractivity contribution >= 4 is 29.1 Å². The molecule has 0 fully saturated rings. The highest BCUT2D eigenvalue weighted by atomic mass is 35.5. The summed E-state index contributed by atoms with van der Waals surface area (Å²) in [4.78, 5) is 11.0. The van der Waals surface area contributed by atoms with Gasteiger partial charge in [0.05, 0.1) is 0 Å². The van der Waals surface area contributed by atoms with Gasteiger partial charge < -0.3 is 10.2 Å². The first-order valence-electron chi connectivity index (χ1n) is 6.75. The molecule has 0 aliphatic carbocycles. The summed E-state index contributed by atoms with van der Waals surface area (Å²) in [7, 11) is 0. The average Bonchev–Trinajstić information content (AvgIpc) is 2.44. The number of nitrogens with one attached hydrogen (secondary N) is 1. The molecule has 2 rings (SSSR count). The molecule has 5 heteroatoms. The molecule has 2 aromatic rings. The minimum absolute atomic E-state index is 0.597. The van der Waals surface area contributed by atoms with E-state index >= 15 is 0 Å². The van der Waals surface area contributed by atoms with Crippen LogP contribution < -0.4 is 10.2 Å². The van der Waals surface area contributed by atoms with Crippen molar-refractivity contribution in [2.24, 2.45) is 0 Å². The van der Waals surface area contributed by atoms with Crippen molar-refractivity contribution in [3.63, 3.8) is 0 Å². The lowest BCUT2D eigenvalue weighted by atomic mass is 10.2. The third-order valence-electron chi connectivity index (χ3n) is 3.16. The van der Waals surface area contributed by atoms with Crippen LogP contribution in [0.3, 0.4) is 0 Å². The molecule has 106 valence electrons. The largest absolute Gasteiger partial charge is 0.357 e. The van der Waals surface area contributed by atoms with E-state index in [-0.39, 0.29) is 0 Å². The third-order valence-corrected chi connectivity index (χ3v) is 3.40. The molecule has 0 radical (unpaired) electrons. The smallest absolute Gasteiger partial charge is 0.229 e. The lowest BCUT2D eigenvalue weighted by molar-refractivity contribution is 0.843. The lowest BCUT2D eigenvalue weighted by Crippen LogP contribution is -2.23. The summed E-state index contributed by atoms with van der Waals surface area (Å²) in [5.74, 6) is 1.53. The van der Waals surface area contributed by atoms with Gasteiger partial charge in [-0.3, -0.25) is 0 Å². The first kappa shape index (κ1) is 14.6. The summed E-state index contributed by atoms with van der Waals surface area (Å²) in [6, 6.07) is 7.63. The van der Waals surface area contributed by atoms with Crippen LogP contribution in [0.25, 0.3) is 0 Å². The van der Waals surface area contributed by atoms with Crippen LogP contribution >= 0.6 is 11.6 Å². The van der Waals surface area contributed by atoms with Crippen molar-refractivity contribution in [1.82, 2.24) is 9.97 Å². The first-order valence-corrected chi connectivity index (χ1v) is 7.13. The quantitative estimate of drug-likeness (QED) is 0.903. The van der Waals surface area contributed by atoms with E-state index in [1.165, 1.54) is 0 Å². The molecule has 1 aromatic heterocycles. The maximum Gasteiger partial charge on any atom is 0.229 e. The monoisotopic (exact) mass is 290 g/mol. The molecule has 0 saturated heterocycles. The number of anilines is 3. The Morgan fingerprint density at radius 3 is 2.60 bits per heavy atom. The molecule has 1 aromatic carbocycles. The van der Waals surface area contributed by atoms with Gasteiger partial charge in [-0.1, -0.05) is 11.6 Å². The van der Waals surface area contributed by atoms with Gasteiger partial charge in [-0.2, -0.15) is 4.98 Å². The molecule has 0 saturated carbocycles. The van der Waals surface area contributed by atoms with Crippen LogP contribution in [0.5, 0.6) is 0 Å². The minimum Gasteiger partial charge on any atom is -0.357 e. The minimum atomic E-state index is 0.597. The van der Waals surface area contributed by atoms with Gasteiger partial charge in [0.25, 0.3) is 0 Å². The third kappa shape index (κ3) is 3.39. The van der Waals surface area contributed by atoms with Crippen molar-refractivity contribution < 1.29 is 0 Å². The van der Waals surface area contributed by atoms with Gasteiger partial charge >= 0.3 is 0 Å². The molecular weight excluding hydrogens is 272 g/mol. The molecule has 0 aliphatic rings. The van der Waals surface area contributed by atoms with Gasteiger partial charge in [-0.05, 0) is 50.6 Å².